The van der Waals surface area contributed by atoms with Crippen molar-refractivity contribution in [1.29, 1.82) is 0 Å². The molecule has 1 rings (SSSR count). The van der Waals surface area contributed by atoms with E-state index in [4.69, 9.17) is 11.5 Å². The molecular formula is C7H9N3O2. The van der Waals surface area contributed by atoms with E-state index in [0.717, 1.165) is 0 Å². The molecule has 0 fully saturated rings. The first-order chi connectivity index (χ1) is 5.61. The molecule has 1 aliphatic heterocycles. The van der Waals surface area contributed by atoms with Crippen LogP contribution in [0.25, 0.3) is 0 Å². The van der Waals surface area contributed by atoms with Crippen molar-refractivity contribution in [1.82, 2.24) is 5.32 Å². The Morgan fingerprint density at radius 3 is 2.33 bits per heavy atom. The third-order valence-electron chi connectivity index (χ3n) is 1.51. The van der Waals surface area contributed by atoms with Crippen LogP contribution in [-0.4, -0.2) is 11.8 Å². The molecule has 0 atom stereocenters. The molecule has 64 valence electrons. The van der Waals surface area contributed by atoms with E-state index in [2.05, 4.69) is 5.32 Å². The molecule has 0 radical (unpaired) electrons. The summed E-state index contributed by atoms with van der Waals surface area (Å²) in [6, 6.07) is 0. The van der Waals surface area contributed by atoms with Gasteiger partial charge in [0.15, 0.2) is 0 Å². The van der Waals surface area contributed by atoms with E-state index < -0.39 is 11.8 Å². The largest absolute Gasteiger partial charge is 0.366 e. The molecule has 1 aliphatic rings. The van der Waals surface area contributed by atoms with E-state index >= 15 is 0 Å². The molecule has 1 heterocycles. The molecule has 0 aliphatic carbocycles. The van der Waals surface area contributed by atoms with Gasteiger partial charge in [0.05, 0.1) is 5.70 Å². The first-order valence-corrected chi connectivity index (χ1v) is 3.36. The molecule has 0 aromatic carbocycles. The summed E-state index contributed by atoms with van der Waals surface area (Å²) in [5.41, 5.74) is 10.7. The fourth-order valence-corrected chi connectivity index (χ4v) is 0.838. The monoisotopic (exact) mass is 167 g/mol. The maximum absolute atomic E-state index is 10.6. The van der Waals surface area contributed by atoms with Crippen molar-refractivity contribution in [3.05, 3.63) is 23.5 Å². The van der Waals surface area contributed by atoms with Crippen LogP contribution in [0.2, 0.25) is 0 Å². The number of dihydropyridines is 1. The van der Waals surface area contributed by atoms with Crippen LogP contribution in [-0.2, 0) is 9.59 Å². The van der Waals surface area contributed by atoms with Gasteiger partial charge in [-0.25, -0.2) is 0 Å². The first kappa shape index (κ1) is 8.32. The van der Waals surface area contributed by atoms with Crippen molar-refractivity contribution in [2.24, 2.45) is 11.5 Å². The number of hydrogen-bond acceptors (Lipinski definition) is 3. The molecule has 0 saturated carbocycles. The Kier molecular flexibility index (Phi) is 2.14. The number of hydrogen-bond donors (Lipinski definition) is 3. The van der Waals surface area contributed by atoms with Gasteiger partial charge in [0, 0.05) is 11.8 Å². The maximum atomic E-state index is 10.6. The zero-order valence-corrected chi connectivity index (χ0v) is 6.33. The van der Waals surface area contributed by atoms with Crippen LogP contribution in [0.3, 0.4) is 0 Å². The summed E-state index contributed by atoms with van der Waals surface area (Å²) >= 11 is 0. The zero-order chi connectivity index (χ0) is 9.14. The number of carbonyl (C=O) groups is 2. The molecule has 0 aromatic heterocycles. The van der Waals surface area contributed by atoms with Crippen LogP contribution >= 0.6 is 0 Å². The summed E-state index contributed by atoms with van der Waals surface area (Å²) < 4.78 is 0. The molecule has 5 nitrogen and oxygen atoms in total. The second kappa shape index (κ2) is 3.08. The molecule has 2 amide bonds. The Morgan fingerprint density at radius 2 is 2.00 bits per heavy atom. The fourth-order valence-electron chi connectivity index (χ4n) is 0.838. The average Bonchev–Trinajstić information content (AvgIpc) is 2.04. The average molecular weight is 167 g/mol. The van der Waals surface area contributed by atoms with Gasteiger partial charge in [0.1, 0.15) is 0 Å². The summed E-state index contributed by atoms with van der Waals surface area (Å²) in [6.45, 7) is 0. The fraction of sp³-hybridized carbons (Fsp3) is 0.143. The van der Waals surface area contributed by atoms with E-state index in [9.17, 15) is 9.59 Å². The summed E-state index contributed by atoms with van der Waals surface area (Å²) in [7, 11) is 0. The number of nitrogens with two attached hydrogens (primary N) is 2. The van der Waals surface area contributed by atoms with Crippen LogP contribution in [0.1, 0.15) is 6.42 Å². The number of primary amides is 2. The number of carbonyl (C=O) groups excluding carboxylic acids is 2. The third-order valence-corrected chi connectivity index (χ3v) is 1.51. The maximum Gasteiger partial charge on any atom is 0.264 e. The summed E-state index contributed by atoms with van der Waals surface area (Å²) in [5, 5.41) is 2.57. The minimum Gasteiger partial charge on any atom is -0.366 e. The van der Waals surface area contributed by atoms with Crippen molar-refractivity contribution in [3.8, 4) is 0 Å². The minimum absolute atomic E-state index is 0.292. The van der Waals surface area contributed by atoms with Crippen LogP contribution in [0.4, 0.5) is 0 Å². The topological polar surface area (TPSA) is 98.2 Å². The number of allylic oxidation sites excluding steroid dienone is 1. The molecule has 12 heavy (non-hydrogen) atoms. The van der Waals surface area contributed by atoms with Crippen molar-refractivity contribution >= 4 is 11.8 Å². The highest BCUT2D eigenvalue weighted by Crippen LogP contribution is 2.08. The highest BCUT2D eigenvalue weighted by Gasteiger charge is 2.11. The highest BCUT2D eigenvalue weighted by molar-refractivity contribution is 5.95. The molecule has 0 saturated heterocycles. The van der Waals surface area contributed by atoms with Gasteiger partial charge >= 0.3 is 0 Å². The lowest BCUT2D eigenvalue weighted by atomic mass is 10.1. The van der Waals surface area contributed by atoms with Crippen LogP contribution < -0.4 is 16.8 Å². The second-order valence-corrected chi connectivity index (χ2v) is 2.36. The van der Waals surface area contributed by atoms with Crippen LogP contribution in [0, 0.1) is 0 Å². The minimum atomic E-state index is -0.547. The smallest absolute Gasteiger partial charge is 0.264 e. The summed E-state index contributed by atoms with van der Waals surface area (Å²) in [5.74, 6) is -1.04. The van der Waals surface area contributed by atoms with Crippen molar-refractivity contribution in [2.45, 2.75) is 6.42 Å². The van der Waals surface area contributed by atoms with Gasteiger partial charge in [-0.15, -0.1) is 0 Å². The van der Waals surface area contributed by atoms with E-state index in [1.54, 1.807) is 0 Å². The first-order valence-electron chi connectivity index (χ1n) is 3.36. The predicted molar refractivity (Wildman–Crippen MR) is 42.3 cm³/mol. The van der Waals surface area contributed by atoms with Crippen LogP contribution in [0.15, 0.2) is 23.5 Å². The Morgan fingerprint density at radius 1 is 1.33 bits per heavy atom. The molecule has 0 spiro atoms. The summed E-state index contributed by atoms with van der Waals surface area (Å²) in [4.78, 5) is 21.2. The van der Waals surface area contributed by atoms with E-state index in [0.29, 0.717) is 17.7 Å². The van der Waals surface area contributed by atoms with Crippen molar-refractivity contribution < 1.29 is 9.59 Å². The van der Waals surface area contributed by atoms with Gasteiger partial charge in [0.2, 0.25) is 5.91 Å². The van der Waals surface area contributed by atoms with Gasteiger partial charge in [-0.05, 0) is 6.42 Å². The Bertz CT molecular complexity index is 261. The van der Waals surface area contributed by atoms with Crippen LogP contribution in [0.5, 0.6) is 0 Å². The lowest BCUT2D eigenvalue weighted by Gasteiger charge is -2.10. The quantitative estimate of drug-likeness (QED) is 0.477. The Hall–Kier alpha value is -1.78. The number of nitrogens with one attached hydrogen (secondary N) is 1. The van der Waals surface area contributed by atoms with Crippen molar-refractivity contribution in [2.75, 3.05) is 0 Å². The van der Waals surface area contributed by atoms with Crippen molar-refractivity contribution in [3.63, 3.8) is 0 Å². The van der Waals surface area contributed by atoms with E-state index in [1.165, 1.54) is 12.3 Å². The number of amides is 2. The van der Waals surface area contributed by atoms with Gasteiger partial charge in [0.25, 0.3) is 5.91 Å². The molecule has 5 N–H and O–H groups in total. The second-order valence-electron chi connectivity index (χ2n) is 2.36. The predicted octanol–water partition coefficient (Wildman–Crippen LogP) is -1.28. The summed E-state index contributed by atoms with van der Waals surface area (Å²) in [6.07, 6.45) is 3.27. The Balaban J connectivity index is 2.66. The van der Waals surface area contributed by atoms with E-state index in [-0.39, 0.29) is 0 Å². The number of rotatable bonds is 2. The normalized spacial score (nSPS) is 15.7. The standard InChI is InChI=1S/C7H9N3O2/c8-6(11)4-1-2-5(7(9)12)10-3-4/h2-3,10H,1H2,(H2,8,11)(H2,9,12). The van der Waals surface area contributed by atoms with Gasteiger partial charge in [-0.2, -0.15) is 0 Å². The van der Waals surface area contributed by atoms with Gasteiger partial charge < -0.3 is 16.8 Å². The van der Waals surface area contributed by atoms with Gasteiger partial charge in [-0.1, -0.05) is 6.08 Å². The molecule has 0 bridgehead atoms. The molecular weight excluding hydrogens is 158 g/mol. The SMILES string of the molecule is NC(=O)C1=CNC(C(N)=O)=CC1. The Labute approximate surface area is 69.1 Å². The lowest BCUT2D eigenvalue weighted by molar-refractivity contribution is -0.116. The van der Waals surface area contributed by atoms with E-state index in [1.807, 2.05) is 0 Å². The molecule has 0 unspecified atom stereocenters. The lowest BCUT2D eigenvalue weighted by Crippen LogP contribution is -2.27. The molecule has 5 heteroatoms. The molecule has 0 aromatic rings. The highest BCUT2D eigenvalue weighted by atomic mass is 16.1. The van der Waals surface area contributed by atoms with Gasteiger partial charge in [-0.3, -0.25) is 9.59 Å². The zero-order valence-electron chi connectivity index (χ0n) is 6.33. The third kappa shape index (κ3) is 1.63.